The molecule has 1 aromatic heterocycles. The molecule has 0 saturated heterocycles. The zero-order valence-electron chi connectivity index (χ0n) is 9.50. The monoisotopic (exact) mass is 252 g/mol. The van der Waals surface area contributed by atoms with E-state index in [1.807, 2.05) is 25.1 Å². The molecule has 0 unspecified atom stereocenters. The van der Waals surface area contributed by atoms with E-state index in [9.17, 15) is 4.79 Å². The van der Waals surface area contributed by atoms with Gasteiger partial charge in [0, 0.05) is 13.0 Å². The van der Waals surface area contributed by atoms with Crippen LogP contribution in [0, 0.1) is 6.92 Å². The predicted molar refractivity (Wildman–Crippen MR) is 66.2 cm³/mol. The van der Waals surface area contributed by atoms with Gasteiger partial charge in [-0.15, -0.1) is 11.6 Å². The van der Waals surface area contributed by atoms with Gasteiger partial charge in [-0.05, 0) is 18.6 Å². The molecule has 0 aliphatic carbocycles. The highest BCUT2D eigenvalue weighted by atomic mass is 35.5. The van der Waals surface area contributed by atoms with Crippen LogP contribution in [0.1, 0.15) is 11.5 Å². The first-order valence-electron chi connectivity index (χ1n) is 5.38. The van der Waals surface area contributed by atoms with E-state index in [4.69, 9.17) is 16.0 Å². The molecule has 0 radical (unpaired) electrons. The maximum atomic E-state index is 10.9. The minimum atomic E-state index is -0.182. The second kappa shape index (κ2) is 5.19. The van der Waals surface area contributed by atoms with Gasteiger partial charge in [-0.2, -0.15) is 0 Å². The largest absolute Gasteiger partial charge is 0.441 e. The van der Waals surface area contributed by atoms with Crippen molar-refractivity contribution in [3.63, 3.8) is 0 Å². The van der Waals surface area contributed by atoms with Gasteiger partial charge in [0.1, 0.15) is 11.4 Å². The number of hydrogen-bond donors (Lipinski definition) is 1. The Hall–Kier alpha value is -1.55. The number of oxazole rings is 1. The molecule has 17 heavy (non-hydrogen) atoms. The number of nitrogens with one attached hydrogen (secondary N) is 1. The Morgan fingerprint density at radius 1 is 1.53 bits per heavy atom. The molecule has 0 fully saturated rings. The molecule has 1 amide bonds. The third kappa shape index (κ3) is 2.77. The molecule has 2 aromatic rings. The number of carbonyl (C=O) groups excluding carboxylic acids is 1. The topological polar surface area (TPSA) is 55.1 Å². The Kier molecular flexibility index (Phi) is 3.64. The number of rotatable bonds is 4. The van der Waals surface area contributed by atoms with E-state index in [1.165, 1.54) is 0 Å². The Morgan fingerprint density at radius 3 is 3.06 bits per heavy atom. The van der Waals surface area contributed by atoms with E-state index in [2.05, 4.69) is 10.3 Å². The van der Waals surface area contributed by atoms with Crippen molar-refractivity contribution >= 4 is 28.6 Å². The first kappa shape index (κ1) is 11.9. The quantitative estimate of drug-likeness (QED) is 0.848. The zero-order valence-corrected chi connectivity index (χ0v) is 10.3. The summed E-state index contributed by atoms with van der Waals surface area (Å²) in [7, 11) is 0. The SMILES string of the molecule is Cc1cccc2oc(CCNC(=O)CCl)nc12. The van der Waals surface area contributed by atoms with Crippen LogP contribution < -0.4 is 5.32 Å². The number of aryl methyl sites for hydroxylation is 1. The molecule has 0 saturated carbocycles. The van der Waals surface area contributed by atoms with Gasteiger partial charge in [0.2, 0.25) is 5.91 Å². The van der Waals surface area contributed by atoms with Crippen molar-refractivity contribution in [2.45, 2.75) is 13.3 Å². The first-order chi connectivity index (χ1) is 8.20. The van der Waals surface area contributed by atoms with Gasteiger partial charge >= 0.3 is 0 Å². The maximum Gasteiger partial charge on any atom is 0.234 e. The van der Waals surface area contributed by atoms with E-state index in [0.29, 0.717) is 18.9 Å². The van der Waals surface area contributed by atoms with Crippen molar-refractivity contribution in [1.29, 1.82) is 0 Å². The Morgan fingerprint density at radius 2 is 2.35 bits per heavy atom. The van der Waals surface area contributed by atoms with Crippen LogP contribution in [0.2, 0.25) is 0 Å². The summed E-state index contributed by atoms with van der Waals surface area (Å²) in [6, 6.07) is 5.81. The first-order valence-corrected chi connectivity index (χ1v) is 5.92. The van der Waals surface area contributed by atoms with Crippen LogP contribution in [0.5, 0.6) is 0 Å². The molecule has 1 N–H and O–H groups in total. The number of benzene rings is 1. The number of para-hydroxylation sites is 1. The zero-order chi connectivity index (χ0) is 12.3. The molecule has 0 bridgehead atoms. The van der Waals surface area contributed by atoms with Crippen molar-refractivity contribution in [3.05, 3.63) is 29.7 Å². The van der Waals surface area contributed by atoms with Gasteiger partial charge in [-0.25, -0.2) is 4.98 Å². The third-order valence-electron chi connectivity index (χ3n) is 2.45. The fourth-order valence-corrected chi connectivity index (χ4v) is 1.69. The summed E-state index contributed by atoms with van der Waals surface area (Å²) in [6.45, 7) is 2.47. The molecule has 1 aromatic carbocycles. The molecule has 0 aliphatic rings. The van der Waals surface area contributed by atoms with E-state index in [0.717, 1.165) is 16.7 Å². The summed E-state index contributed by atoms with van der Waals surface area (Å²) in [4.78, 5) is 15.3. The third-order valence-corrected chi connectivity index (χ3v) is 2.69. The fourth-order valence-electron chi connectivity index (χ4n) is 1.60. The fraction of sp³-hybridized carbons (Fsp3) is 0.333. The molecular formula is C12H13ClN2O2. The summed E-state index contributed by atoms with van der Waals surface area (Å²) in [5.41, 5.74) is 2.75. The minimum Gasteiger partial charge on any atom is -0.441 e. The Balaban J connectivity index is 2.05. The highest BCUT2D eigenvalue weighted by Crippen LogP contribution is 2.18. The highest BCUT2D eigenvalue weighted by Gasteiger charge is 2.07. The number of amides is 1. The van der Waals surface area contributed by atoms with Crippen LogP contribution in [0.15, 0.2) is 22.6 Å². The second-order valence-corrected chi connectivity index (χ2v) is 4.03. The van der Waals surface area contributed by atoms with Crippen LogP contribution in [-0.4, -0.2) is 23.3 Å². The van der Waals surface area contributed by atoms with Crippen molar-refractivity contribution in [3.8, 4) is 0 Å². The van der Waals surface area contributed by atoms with Crippen molar-refractivity contribution < 1.29 is 9.21 Å². The highest BCUT2D eigenvalue weighted by molar-refractivity contribution is 6.27. The molecule has 0 atom stereocenters. The molecule has 5 heteroatoms. The van der Waals surface area contributed by atoms with Gasteiger partial charge in [0.15, 0.2) is 11.5 Å². The molecule has 4 nitrogen and oxygen atoms in total. The molecular weight excluding hydrogens is 240 g/mol. The lowest BCUT2D eigenvalue weighted by molar-refractivity contribution is -0.118. The van der Waals surface area contributed by atoms with E-state index >= 15 is 0 Å². The lowest BCUT2D eigenvalue weighted by Crippen LogP contribution is -2.26. The minimum absolute atomic E-state index is 0.0212. The van der Waals surface area contributed by atoms with Gasteiger partial charge in [0.05, 0.1) is 0 Å². The molecule has 0 aliphatic heterocycles. The number of fused-ring (bicyclic) bond motifs is 1. The summed E-state index contributed by atoms with van der Waals surface area (Å²) >= 11 is 5.37. The predicted octanol–water partition coefficient (Wildman–Crippen LogP) is 2.03. The Bertz CT molecular complexity index is 536. The molecule has 1 heterocycles. The molecule has 0 spiro atoms. The summed E-state index contributed by atoms with van der Waals surface area (Å²) in [5.74, 6) is 0.426. The van der Waals surface area contributed by atoms with E-state index < -0.39 is 0 Å². The van der Waals surface area contributed by atoms with Gasteiger partial charge in [0.25, 0.3) is 0 Å². The summed E-state index contributed by atoms with van der Waals surface area (Å²) in [6.07, 6.45) is 0.566. The summed E-state index contributed by atoms with van der Waals surface area (Å²) < 4.78 is 5.57. The average molecular weight is 253 g/mol. The second-order valence-electron chi connectivity index (χ2n) is 3.76. The number of hydrogen-bond acceptors (Lipinski definition) is 3. The van der Waals surface area contributed by atoms with Crippen LogP contribution in [0.3, 0.4) is 0 Å². The average Bonchev–Trinajstić information content (AvgIpc) is 2.73. The normalized spacial score (nSPS) is 10.7. The van der Waals surface area contributed by atoms with Crippen LogP contribution in [0.25, 0.3) is 11.1 Å². The number of alkyl halides is 1. The van der Waals surface area contributed by atoms with Crippen molar-refractivity contribution in [1.82, 2.24) is 10.3 Å². The van der Waals surface area contributed by atoms with Crippen LogP contribution in [0.4, 0.5) is 0 Å². The van der Waals surface area contributed by atoms with E-state index in [1.54, 1.807) is 0 Å². The number of halogens is 1. The van der Waals surface area contributed by atoms with E-state index in [-0.39, 0.29) is 11.8 Å². The number of aromatic nitrogens is 1. The lowest BCUT2D eigenvalue weighted by Gasteiger charge is -1.98. The lowest BCUT2D eigenvalue weighted by atomic mass is 10.2. The van der Waals surface area contributed by atoms with Gasteiger partial charge < -0.3 is 9.73 Å². The molecule has 2 rings (SSSR count). The maximum absolute atomic E-state index is 10.9. The summed E-state index contributed by atoms with van der Waals surface area (Å²) in [5, 5.41) is 2.67. The molecule has 90 valence electrons. The Labute approximate surface area is 104 Å². The van der Waals surface area contributed by atoms with Crippen LogP contribution >= 0.6 is 11.6 Å². The smallest absolute Gasteiger partial charge is 0.234 e. The van der Waals surface area contributed by atoms with Crippen molar-refractivity contribution in [2.24, 2.45) is 0 Å². The van der Waals surface area contributed by atoms with Gasteiger partial charge in [-0.3, -0.25) is 4.79 Å². The number of carbonyl (C=O) groups is 1. The standard InChI is InChI=1S/C12H13ClN2O2/c1-8-3-2-4-9-12(8)15-11(17-9)5-6-14-10(16)7-13/h2-4H,5-7H2,1H3,(H,14,16). The van der Waals surface area contributed by atoms with Crippen LogP contribution in [-0.2, 0) is 11.2 Å². The van der Waals surface area contributed by atoms with Crippen molar-refractivity contribution in [2.75, 3.05) is 12.4 Å². The number of nitrogens with zero attached hydrogens (tertiary/aromatic N) is 1. The van der Waals surface area contributed by atoms with Gasteiger partial charge in [-0.1, -0.05) is 12.1 Å².